The fourth-order valence-electron chi connectivity index (χ4n) is 6.48. The van der Waals surface area contributed by atoms with E-state index in [1.807, 2.05) is 41.8 Å². The summed E-state index contributed by atoms with van der Waals surface area (Å²) in [4.78, 5) is 11.8. The first kappa shape index (κ1) is 76.5. The van der Waals surface area contributed by atoms with Gasteiger partial charge in [0.05, 0.1) is 52.4 Å². The van der Waals surface area contributed by atoms with Gasteiger partial charge in [0.15, 0.2) is 30.4 Å². The lowest BCUT2D eigenvalue weighted by molar-refractivity contribution is -0.301. The summed E-state index contributed by atoms with van der Waals surface area (Å²) in [5, 5.41) is 120. The van der Waals surface area contributed by atoms with Crippen molar-refractivity contribution in [3.63, 3.8) is 0 Å². The summed E-state index contributed by atoms with van der Waals surface area (Å²) in [6, 6.07) is 3.12. The highest BCUT2D eigenvalue weighted by molar-refractivity contribution is 5.78. The van der Waals surface area contributed by atoms with E-state index in [1.165, 1.54) is 7.11 Å². The van der Waals surface area contributed by atoms with Crippen LogP contribution in [0.3, 0.4) is 0 Å². The fraction of sp³-hybridized carbons (Fsp3) is 0.824. The molecule has 0 aromatic heterocycles. The molecule has 24 heteroatoms. The number of hydrogen-bond acceptors (Lipinski definition) is 24. The lowest BCUT2D eigenvalue weighted by Crippen LogP contribution is -2.59. The first-order valence-corrected chi connectivity index (χ1v) is 26.1. The van der Waals surface area contributed by atoms with Crippen LogP contribution in [0.4, 0.5) is 0 Å². The average Bonchev–Trinajstić information content (AvgIpc) is 3.42. The molecule has 0 saturated carbocycles. The summed E-state index contributed by atoms with van der Waals surface area (Å²) in [7, 11) is 5.34. The Hall–Kier alpha value is -2.77. The Morgan fingerprint density at radius 3 is 1.31 bits per heavy atom. The van der Waals surface area contributed by atoms with Crippen molar-refractivity contribution in [2.75, 3.05) is 100 Å². The van der Waals surface area contributed by atoms with E-state index in [1.54, 1.807) is 19.1 Å². The van der Waals surface area contributed by atoms with Crippen molar-refractivity contribution in [3.05, 3.63) is 30.9 Å². The van der Waals surface area contributed by atoms with Gasteiger partial charge in [-0.1, -0.05) is 27.7 Å². The van der Waals surface area contributed by atoms with E-state index in [-0.39, 0.29) is 39.6 Å². The van der Waals surface area contributed by atoms with Gasteiger partial charge >= 0.3 is 0 Å². The van der Waals surface area contributed by atoms with Crippen LogP contribution in [-0.2, 0) is 28.4 Å². The standard InChI is InChI=1S/C36H60O19.C5H12O3.C4H12N2.2C2H6.C2H4/c37-18-22-16-23(49-11-5-1-4-10-48-21-27(40)41)34(51-13-7-3-9-15-53-36-33(47)31(45)29(43)26(20-39)55-36)24(17-22)50-12-6-2-8-14-52-35-32(46)30(44)28(42)25(19-38)54-35;1-4(7)5(3-6)8-2;1-5-3-4-6-2;3*1-2/h16-18,25-33,35-36,38-47H,1-15,19-21H2;4-7H,3H2,1-2H3;5-6H,3-4H2,1-2H3;2*1-2H3;1-2H2. The molecule has 0 bridgehead atoms. The van der Waals surface area contributed by atoms with Crippen LogP contribution >= 0.6 is 0 Å². The van der Waals surface area contributed by atoms with Gasteiger partial charge in [0.25, 0.3) is 0 Å². The van der Waals surface area contributed by atoms with Crippen molar-refractivity contribution in [1.29, 1.82) is 0 Å². The first-order valence-electron chi connectivity index (χ1n) is 26.1. The van der Waals surface area contributed by atoms with E-state index >= 15 is 0 Å². The predicted molar refractivity (Wildman–Crippen MR) is 280 cm³/mol. The van der Waals surface area contributed by atoms with Crippen molar-refractivity contribution >= 4 is 6.29 Å². The summed E-state index contributed by atoms with van der Waals surface area (Å²) < 4.78 is 49.8. The molecule has 2 heterocycles. The number of aliphatic hydroxyl groups excluding tert-OH is 11. The maximum absolute atomic E-state index is 11.8. The Labute approximate surface area is 445 Å². The second-order valence-electron chi connectivity index (χ2n) is 16.3. The summed E-state index contributed by atoms with van der Waals surface area (Å²) in [6.07, 6.45) is -9.82. The molecule has 2 aliphatic heterocycles. The largest absolute Gasteiger partial charge is 0.490 e. The molecule has 0 amide bonds. The highest BCUT2D eigenvalue weighted by Crippen LogP contribution is 2.39. The van der Waals surface area contributed by atoms with Crippen LogP contribution in [0.5, 0.6) is 17.2 Å². The van der Waals surface area contributed by atoms with Gasteiger partial charge in [-0.15, -0.1) is 13.2 Å². The normalized spacial score (nSPS) is 23.6. The zero-order valence-electron chi connectivity index (χ0n) is 46.0. The number of hydrogen-bond donors (Lipinski definition) is 14. The van der Waals surface area contributed by atoms with Gasteiger partial charge in [-0.05, 0) is 90.9 Å². The Balaban J connectivity index is -0.00000221. The number of benzene rings is 1. The second-order valence-corrected chi connectivity index (χ2v) is 16.3. The van der Waals surface area contributed by atoms with Crippen LogP contribution in [-0.4, -0.2) is 248 Å². The minimum absolute atomic E-state index is 0.131. The van der Waals surface area contributed by atoms with E-state index in [2.05, 4.69) is 28.5 Å². The molecule has 0 spiro atoms. The van der Waals surface area contributed by atoms with Crippen molar-refractivity contribution in [1.82, 2.24) is 10.6 Å². The number of likely N-dealkylation sites (N-methyl/N-ethyl adjacent to an activating group) is 2. The number of unbranched alkanes of at least 4 members (excludes halogenated alkanes) is 6. The van der Waals surface area contributed by atoms with Crippen LogP contribution in [0.1, 0.15) is 103 Å². The molecule has 446 valence electrons. The van der Waals surface area contributed by atoms with Gasteiger partial charge < -0.3 is 115 Å². The van der Waals surface area contributed by atoms with E-state index in [0.717, 1.165) is 19.5 Å². The predicted octanol–water partition coefficient (Wildman–Crippen LogP) is -0.239. The minimum atomic E-state index is -1.53. The highest BCUT2D eigenvalue weighted by atomic mass is 16.7. The van der Waals surface area contributed by atoms with Crippen LogP contribution in [0.15, 0.2) is 25.3 Å². The number of aldehydes is 1. The molecule has 0 radical (unpaired) electrons. The van der Waals surface area contributed by atoms with Gasteiger partial charge in [0.1, 0.15) is 61.2 Å². The third-order valence-electron chi connectivity index (χ3n) is 10.6. The topological polar surface area (TPSA) is 367 Å². The Kier molecular flexibility index (Phi) is 51.7. The highest BCUT2D eigenvalue weighted by Gasteiger charge is 2.45. The Bertz CT molecular complexity index is 1410. The SMILES string of the molecule is C=C.CC.CC.CNCCNC.COC(CO)C(C)O.O=Cc1cc(OCCCCCOCC(O)O)c(OCCCCCOC2OC(CO)C(O)C(O)C2O)c(OCCCCCOC2OC(CO)C(O)C(O)C2O)c1. The fourth-order valence-corrected chi connectivity index (χ4v) is 6.48. The molecule has 1 aromatic carbocycles. The molecule has 14 N–H and O–H groups in total. The van der Waals surface area contributed by atoms with Crippen LogP contribution in [0.25, 0.3) is 0 Å². The molecule has 12 atom stereocenters. The molecule has 2 aliphatic rings. The molecular weight excluding hydrogens is 993 g/mol. The zero-order chi connectivity index (χ0) is 57.6. The molecule has 24 nitrogen and oxygen atoms in total. The van der Waals surface area contributed by atoms with Crippen molar-refractivity contribution in [2.24, 2.45) is 0 Å². The quantitative estimate of drug-likeness (QED) is 0.0183. The zero-order valence-corrected chi connectivity index (χ0v) is 46.0. The molecule has 0 aliphatic carbocycles. The number of nitrogens with one attached hydrogen (secondary N) is 2. The van der Waals surface area contributed by atoms with Crippen molar-refractivity contribution in [2.45, 2.75) is 172 Å². The molecule has 2 fully saturated rings. The van der Waals surface area contributed by atoms with Crippen molar-refractivity contribution in [3.8, 4) is 17.2 Å². The molecule has 3 rings (SSSR count). The minimum Gasteiger partial charge on any atom is -0.490 e. The molecule has 75 heavy (non-hydrogen) atoms. The number of carbonyl (C=O) groups is 1. The smallest absolute Gasteiger partial charge is 0.203 e. The van der Waals surface area contributed by atoms with Gasteiger partial charge in [0, 0.05) is 45.6 Å². The van der Waals surface area contributed by atoms with Crippen LogP contribution in [0, 0.1) is 0 Å². The summed E-state index contributed by atoms with van der Waals surface area (Å²) >= 11 is 0. The van der Waals surface area contributed by atoms with Gasteiger partial charge in [-0.3, -0.25) is 4.79 Å². The number of rotatable bonds is 34. The van der Waals surface area contributed by atoms with Crippen LogP contribution in [0.2, 0.25) is 0 Å². The number of aliphatic hydroxyl groups is 12. The third kappa shape index (κ3) is 33.3. The third-order valence-corrected chi connectivity index (χ3v) is 10.6. The first-order chi connectivity index (χ1) is 36.1. The van der Waals surface area contributed by atoms with E-state index < -0.39 is 93.1 Å². The monoisotopic (exact) mass is 1090 g/mol. The maximum Gasteiger partial charge on any atom is 0.203 e. The average molecular weight is 1090 g/mol. The summed E-state index contributed by atoms with van der Waals surface area (Å²) in [5.41, 5.74) is 0.312. The van der Waals surface area contributed by atoms with E-state index in [0.29, 0.717) is 93.7 Å². The summed E-state index contributed by atoms with van der Waals surface area (Å²) in [5.74, 6) is 0.937. The van der Waals surface area contributed by atoms with Gasteiger partial charge in [-0.2, -0.15) is 0 Å². The number of ether oxygens (including phenoxy) is 9. The maximum atomic E-state index is 11.8. The number of carbonyl (C=O) groups excluding carboxylic acids is 1. The van der Waals surface area contributed by atoms with Gasteiger partial charge in [0.2, 0.25) is 5.75 Å². The Morgan fingerprint density at radius 1 is 0.600 bits per heavy atom. The van der Waals surface area contributed by atoms with Crippen molar-refractivity contribution < 1.29 is 109 Å². The number of methoxy groups -OCH3 is 1. The Morgan fingerprint density at radius 2 is 0.987 bits per heavy atom. The molecule has 1 aromatic rings. The lowest BCUT2D eigenvalue weighted by Gasteiger charge is -2.39. The van der Waals surface area contributed by atoms with Gasteiger partial charge in [-0.25, -0.2) is 0 Å². The molecule has 2 saturated heterocycles. The summed E-state index contributed by atoms with van der Waals surface area (Å²) in [6.45, 7) is 17.8. The van der Waals surface area contributed by atoms with E-state index in [4.69, 9.17) is 58.3 Å². The lowest BCUT2D eigenvalue weighted by atomic mass is 9.99. The van der Waals surface area contributed by atoms with Crippen LogP contribution < -0.4 is 24.8 Å². The molecule has 12 unspecified atom stereocenters. The van der Waals surface area contributed by atoms with E-state index in [9.17, 15) is 45.6 Å². The second kappa shape index (κ2) is 50.7. The molecular formula is C51H100N2O22.